The summed E-state index contributed by atoms with van der Waals surface area (Å²) in [6, 6.07) is 20.3. The van der Waals surface area contributed by atoms with E-state index in [2.05, 4.69) is 4.90 Å². The van der Waals surface area contributed by atoms with Crippen LogP contribution in [0.2, 0.25) is 0 Å². The van der Waals surface area contributed by atoms with E-state index in [1.807, 2.05) is 49.5 Å². The minimum absolute atomic E-state index is 0.145. The van der Waals surface area contributed by atoms with Gasteiger partial charge in [-0.1, -0.05) is 48.5 Å². The summed E-state index contributed by atoms with van der Waals surface area (Å²) in [6.45, 7) is 1.37. The molecule has 0 aliphatic carbocycles. The highest BCUT2D eigenvalue weighted by Gasteiger charge is 2.09. The van der Waals surface area contributed by atoms with Crippen LogP contribution in [-0.4, -0.2) is 24.3 Å². The summed E-state index contributed by atoms with van der Waals surface area (Å²) >= 11 is 0. The van der Waals surface area contributed by atoms with Gasteiger partial charge in [0.2, 0.25) is 0 Å². The fourth-order valence-corrected chi connectivity index (χ4v) is 2.78. The van der Waals surface area contributed by atoms with Crippen LogP contribution < -0.4 is 0 Å². The van der Waals surface area contributed by atoms with Gasteiger partial charge in [-0.2, -0.15) is 0 Å². The van der Waals surface area contributed by atoms with E-state index in [1.54, 1.807) is 12.1 Å². The Kier molecular flexibility index (Phi) is 5.02. The van der Waals surface area contributed by atoms with Crippen LogP contribution in [0.4, 0.5) is 4.39 Å². The van der Waals surface area contributed by atoms with Gasteiger partial charge >= 0.3 is 0 Å². The number of hydrogen-bond donors (Lipinski definition) is 0. The van der Waals surface area contributed by atoms with Gasteiger partial charge in [0.15, 0.2) is 5.78 Å². The lowest BCUT2D eigenvalue weighted by atomic mass is 10.0. The zero-order valence-corrected chi connectivity index (χ0v) is 13.7. The maximum absolute atomic E-state index is 12.9. The minimum atomic E-state index is -0.229. The van der Waals surface area contributed by atoms with Crippen molar-refractivity contribution >= 4 is 16.6 Å². The second-order valence-corrected chi connectivity index (χ2v) is 6.10. The summed E-state index contributed by atoms with van der Waals surface area (Å²) in [5.74, 6) is -0.0837. The van der Waals surface area contributed by atoms with Crippen molar-refractivity contribution in [1.29, 1.82) is 0 Å². The van der Waals surface area contributed by atoms with Crippen LogP contribution in [0, 0.1) is 5.82 Å². The summed E-state index contributed by atoms with van der Waals surface area (Å²) in [4.78, 5) is 14.5. The molecular formula is C21H20FNO. The monoisotopic (exact) mass is 321 g/mol. The fourth-order valence-electron chi connectivity index (χ4n) is 2.78. The van der Waals surface area contributed by atoms with Gasteiger partial charge in [-0.05, 0) is 41.6 Å². The van der Waals surface area contributed by atoms with E-state index in [1.165, 1.54) is 12.1 Å². The number of hydrogen-bond acceptors (Lipinski definition) is 2. The van der Waals surface area contributed by atoms with Gasteiger partial charge in [-0.25, -0.2) is 4.39 Å². The summed E-state index contributed by atoms with van der Waals surface area (Å²) in [7, 11) is 1.97. The Bertz CT molecular complexity index is 842. The van der Waals surface area contributed by atoms with Crippen LogP contribution >= 0.6 is 0 Å². The molecule has 3 aromatic rings. The van der Waals surface area contributed by atoms with E-state index >= 15 is 0 Å². The average molecular weight is 321 g/mol. The highest BCUT2D eigenvalue weighted by molar-refractivity contribution is 6.00. The molecule has 0 spiro atoms. The Balaban J connectivity index is 1.58. The van der Waals surface area contributed by atoms with Crippen LogP contribution in [0.15, 0.2) is 66.7 Å². The molecule has 0 heterocycles. The Hall–Kier alpha value is -2.52. The van der Waals surface area contributed by atoms with Crippen LogP contribution in [0.1, 0.15) is 22.3 Å². The Morgan fingerprint density at radius 2 is 1.67 bits per heavy atom. The largest absolute Gasteiger partial charge is 0.302 e. The van der Waals surface area contributed by atoms with Gasteiger partial charge in [0.25, 0.3) is 0 Å². The molecular weight excluding hydrogens is 301 g/mol. The molecule has 122 valence electrons. The number of Topliss-reactive ketones (excluding diaryl/α,β-unsaturated/α-hetero) is 1. The first-order valence-electron chi connectivity index (χ1n) is 8.07. The van der Waals surface area contributed by atoms with Crippen molar-refractivity contribution in [2.75, 3.05) is 13.6 Å². The topological polar surface area (TPSA) is 20.3 Å². The van der Waals surface area contributed by atoms with Gasteiger partial charge in [0.05, 0.1) is 0 Å². The molecule has 0 N–H and O–H groups in total. The highest BCUT2D eigenvalue weighted by Crippen LogP contribution is 2.17. The quantitative estimate of drug-likeness (QED) is 0.614. The Morgan fingerprint density at radius 3 is 2.42 bits per heavy atom. The molecule has 0 saturated carbocycles. The summed E-state index contributed by atoms with van der Waals surface area (Å²) in [6.07, 6.45) is 0.468. The second kappa shape index (κ2) is 7.37. The molecule has 0 amide bonds. The molecule has 0 aliphatic heterocycles. The third-order valence-corrected chi connectivity index (χ3v) is 4.16. The molecule has 0 aliphatic rings. The summed E-state index contributed by atoms with van der Waals surface area (Å²) in [5, 5.41) is 2.23. The molecule has 2 nitrogen and oxygen atoms in total. The smallest absolute Gasteiger partial charge is 0.164 e. The van der Waals surface area contributed by atoms with Crippen molar-refractivity contribution in [2.45, 2.75) is 13.0 Å². The molecule has 0 radical (unpaired) electrons. The third kappa shape index (κ3) is 4.06. The molecule has 3 heteroatoms. The van der Waals surface area contributed by atoms with E-state index < -0.39 is 0 Å². The van der Waals surface area contributed by atoms with Gasteiger partial charge in [0.1, 0.15) is 5.82 Å². The number of rotatable bonds is 6. The minimum Gasteiger partial charge on any atom is -0.302 e. The van der Waals surface area contributed by atoms with Gasteiger partial charge in [-0.3, -0.25) is 4.79 Å². The zero-order valence-electron chi connectivity index (χ0n) is 13.7. The lowest BCUT2D eigenvalue weighted by Gasteiger charge is -2.16. The number of halogens is 1. The van der Waals surface area contributed by atoms with Crippen molar-refractivity contribution in [3.63, 3.8) is 0 Å². The number of carbonyl (C=O) groups excluding carboxylic acids is 1. The second-order valence-electron chi connectivity index (χ2n) is 6.10. The Morgan fingerprint density at radius 1 is 0.958 bits per heavy atom. The average Bonchev–Trinajstić information content (AvgIpc) is 2.61. The number of nitrogens with zero attached hydrogens (tertiary/aromatic N) is 1. The molecule has 0 saturated heterocycles. The van der Waals surface area contributed by atoms with E-state index in [-0.39, 0.29) is 11.6 Å². The van der Waals surface area contributed by atoms with Crippen LogP contribution in [0.3, 0.4) is 0 Å². The maximum atomic E-state index is 12.9. The predicted molar refractivity (Wildman–Crippen MR) is 95.6 cm³/mol. The van der Waals surface area contributed by atoms with Crippen LogP contribution in [0.5, 0.6) is 0 Å². The number of ketones is 1. The normalized spacial score (nSPS) is 11.1. The lowest BCUT2D eigenvalue weighted by Crippen LogP contribution is -2.21. The Labute approximate surface area is 141 Å². The molecule has 0 bridgehead atoms. The van der Waals surface area contributed by atoms with E-state index in [0.29, 0.717) is 19.5 Å². The van der Waals surface area contributed by atoms with Crippen LogP contribution in [0.25, 0.3) is 10.8 Å². The third-order valence-electron chi connectivity index (χ3n) is 4.16. The maximum Gasteiger partial charge on any atom is 0.164 e. The van der Waals surface area contributed by atoms with Gasteiger partial charge in [-0.15, -0.1) is 0 Å². The highest BCUT2D eigenvalue weighted by atomic mass is 19.1. The number of benzene rings is 3. The van der Waals surface area contributed by atoms with Gasteiger partial charge < -0.3 is 4.90 Å². The summed E-state index contributed by atoms with van der Waals surface area (Å²) in [5.41, 5.74) is 1.79. The SMILES string of the molecule is CN(CCC(=O)c1ccc2ccccc2c1)Cc1ccc(F)cc1. The van der Waals surface area contributed by atoms with Crippen molar-refractivity contribution in [2.24, 2.45) is 0 Å². The van der Waals surface area contributed by atoms with E-state index in [0.717, 1.165) is 21.9 Å². The molecule has 24 heavy (non-hydrogen) atoms. The van der Waals surface area contributed by atoms with Crippen molar-refractivity contribution < 1.29 is 9.18 Å². The van der Waals surface area contributed by atoms with Crippen LogP contribution in [-0.2, 0) is 6.54 Å². The standard InChI is InChI=1S/C21H20FNO/c1-23(15-16-6-10-20(22)11-7-16)13-12-21(24)19-9-8-17-4-2-3-5-18(17)14-19/h2-11,14H,12-13,15H2,1H3. The predicted octanol–water partition coefficient (Wildman–Crippen LogP) is 4.68. The van der Waals surface area contributed by atoms with E-state index in [4.69, 9.17) is 0 Å². The molecule has 0 unspecified atom stereocenters. The lowest BCUT2D eigenvalue weighted by molar-refractivity contribution is 0.0968. The fraction of sp³-hybridized carbons (Fsp3) is 0.190. The molecule has 0 atom stereocenters. The van der Waals surface area contributed by atoms with E-state index in [9.17, 15) is 9.18 Å². The molecule has 3 rings (SSSR count). The first-order valence-corrected chi connectivity index (χ1v) is 8.07. The first-order chi connectivity index (χ1) is 11.6. The number of fused-ring (bicyclic) bond motifs is 1. The van der Waals surface area contributed by atoms with Gasteiger partial charge in [0, 0.05) is 25.1 Å². The summed E-state index contributed by atoms with van der Waals surface area (Å²) < 4.78 is 12.9. The molecule has 0 fully saturated rings. The van der Waals surface area contributed by atoms with Crippen molar-refractivity contribution in [1.82, 2.24) is 4.90 Å². The molecule has 0 aromatic heterocycles. The molecule has 3 aromatic carbocycles. The van der Waals surface area contributed by atoms with Crippen molar-refractivity contribution in [3.05, 3.63) is 83.7 Å². The number of carbonyl (C=O) groups is 1. The zero-order chi connectivity index (χ0) is 16.9. The van der Waals surface area contributed by atoms with Crippen molar-refractivity contribution in [3.8, 4) is 0 Å². The first kappa shape index (κ1) is 16.3.